The van der Waals surface area contributed by atoms with Gasteiger partial charge in [-0.05, 0) is 41.6 Å². The fourth-order valence-electron chi connectivity index (χ4n) is 2.29. The Morgan fingerprint density at radius 2 is 2.00 bits per heavy atom. The molecule has 1 aromatic carbocycles. The standard InChI is InChI=1S/C16H16N2OS/c1-3-11-4-6-12(7-5-11)17-16(19)14-10-15-13(18(14)2)8-9-20-15/h4-10H,3H2,1-2H3,(H,17,19). The maximum Gasteiger partial charge on any atom is 0.272 e. The summed E-state index contributed by atoms with van der Waals surface area (Å²) in [7, 11) is 1.92. The van der Waals surface area contributed by atoms with E-state index in [9.17, 15) is 4.79 Å². The van der Waals surface area contributed by atoms with Crippen LogP contribution in [0.15, 0.2) is 41.8 Å². The molecule has 0 saturated carbocycles. The summed E-state index contributed by atoms with van der Waals surface area (Å²) >= 11 is 1.65. The molecule has 0 saturated heterocycles. The molecule has 0 atom stereocenters. The number of hydrogen-bond acceptors (Lipinski definition) is 2. The summed E-state index contributed by atoms with van der Waals surface area (Å²) in [6.45, 7) is 2.12. The van der Waals surface area contributed by atoms with Crippen molar-refractivity contribution < 1.29 is 4.79 Å². The van der Waals surface area contributed by atoms with Crippen molar-refractivity contribution >= 4 is 33.1 Å². The Hall–Kier alpha value is -2.07. The highest BCUT2D eigenvalue weighted by Gasteiger charge is 2.14. The minimum Gasteiger partial charge on any atom is -0.339 e. The Kier molecular flexibility index (Phi) is 3.32. The van der Waals surface area contributed by atoms with Crippen LogP contribution in [0.4, 0.5) is 5.69 Å². The molecule has 102 valence electrons. The van der Waals surface area contributed by atoms with Crippen LogP contribution in [0.25, 0.3) is 10.2 Å². The number of benzene rings is 1. The number of nitrogens with one attached hydrogen (secondary N) is 1. The third-order valence-corrected chi connectivity index (χ3v) is 4.37. The Bertz CT molecular complexity index is 752. The number of anilines is 1. The van der Waals surface area contributed by atoms with Gasteiger partial charge in [0.05, 0.1) is 10.2 Å². The van der Waals surface area contributed by atoms with Crippen molar-refractivity contribution in [3.8, 4) is 0 Å². The number of rotatable bonds is 3. The van der Waals surface area contributed by atoms with E-state index in [0.29, 0.717) is 5.69 Å². The summed E-state index contributed by atoms with van der Waals surface area (Å²) < 4.78 is 3.07. The first-order chi connectivity index (χ1) is 9.69. The summed E-state index contributed by atoms with van der Waals surface area (Å²) in [4.78, 5) is 12.3. The van der Waals surface area contributed by atoms with Crippen LogP contribution < -0.4 is 5.32 Å². The molecule has 0 bridgehead atoms. The van der Waals surface area contributed by atoms with Crippen molar-refractivity contribution in [2.45, 2.75) is 13.3 Å². The first-order valence-corrected chi connectivity index (χ1v) is 7.50. The van der Waals surface area contributed by atoms with Crippen molar-refractivity contribution in [2.75, 3.05) is 5.32 Å². The zero-order valence-corrected chi connectivity index (χ0v) is 12.3. The Morgan fingerprint density at radius 1 is 1.25 bits per heavy atom. The van der Waals surface area contributed by atoms with E-state index in [1.54, 1.807) is 11.3 Å². The second kappa shape index (κ2) is 5.13. The third kappa shape index (κ3) is 2.23. The van der Waals surface area contributed by atoms with Gasteiger partial charge in [0.25, 0.3) is 5.91 Å². The van der Waals surface area contributed by atoms with Gasteiger partial charge in [-0.3, -0.25) is 4.79 Å². The number of aryl methyl sites for hydroxylation is 2. The predicted octanol–water partition coefficient (Wildman–Crippen LogP) is 4.05. The molecule has 1 N–H and O–H groups in total. The summed E-state index contributed by atoms with van der Waals surface area (Å²) in [5.74, 6) is -0.0693. The van der Waals surface area contributed by atoms with Gasteiger partial charge in [-0.25, -0.2) is 0 Å². The van der Waals surface area contributed by atoms with E-state index < -0.39 is 0 Å². The lowest BCUT2D eigenvalue weighted by molar-refractivity contribution is 0.102. The van der Waals surface area contributed by atoms with Crippen molar-refractivity contribution in [3.05, 3.63) is 53.0 Å². The highest BCUT2D eigenvalue weighted by Crippen LogP contribution is 2.24. The molecule has 0 aliphatic heterocycles. The zero-order valence-electron chi connectivity index (χ0n) is 11.5. The van der Waals surface area contributed by atoms with Crippen LogP contribution in [-0.4, -0.2) is 10.5 Å². The summed E-state index contributed by atoms with van der Waals surface area (Å²) in [6, 6.07) is 11.9. The fourth-order valence-corrected chi connectivity index (χ4v) is 3.14. The molecule has 4 heteroatoms. The molecular weight excluding hydrogens is 268 g/mol. The summed E-state index contributed by atoms with van der Waals surface area (Å²) in [5, 5.41) is 4.98. The molecule has 0 aliphatic carbocycles. The smallest absolute Gasteiger partial charge is 0.272 e. The predicted molar refractivity (Wildman–Crippen MR) is 84.6 cm³/mol. The maximum atomic E-state index is 12.3. The molecule has 3 nitrogen and oxygen atoms in total. The van der Waals surface area contributed by atoms with E-state index in [1.165, 1.54) is 5.56 Å². The highest BCUT2D eigenvalue weighted by atomic mass is 32.1. The first kappa shape index (κ1) is 12.9. The molecule has 0 spiro atoms. The van der Waals surface area contributed by atoms with Gasteiger partial charge >= 0.3 is 0 Å². The van der Waals surface area contributed by atoms with Crippen LogP contribution >= 0.6 is 11.3 Å². The fraction of sp³-hybridized carbons (Fsp3) is 0.188. The molecule has 3 aromatic rings. The minimum atomic E-state index is -0.0693. The second-order valence-corrected chi connectivity index (χ2v) is 5.71. The van der Waals surface area contributed by atoms with E-state index in [2.05, 4.69) is 12.2 Å². The third-order valence-electron chi connectivity index (χ3n) is 3.52. The number of hydrogen-bond donors (Lipinski definition) is 1. The summed E-state index contributed by atoms with van der Waals surface area (Å²) in [5.41, 5.74) is 3.88. The van der Waals surface area contributed by atoms with Crippen molar-refractivity contribution in [1.29, 1.82) is 0 Å². The molecule has 1 amide bonds. The SMILES string of the molecule is CCc1ccc(NC(=O)c2cc3sccc3n2C)cc1. The number of aromatic nitrogens is 1. The highest BCUT2D eigenvalue weighted by molar-refractivity contribution is 7.17. The van der Waals surface area contributed by atoms with Crippen LogP contribution in [-0.2, 0) is 13.5 Å². The topological polar surface area (TPSA) is 34.0 Å². The number of amides is 1. The van der Waals surface area contributed by atoms with Gasteiger partial charge in [0.1, 0.15) is 5.69 Å². The van der Waals surface area contributed by atoms with Crippen molar-refractivity contribution in [3.63, 3.8) is 0 Å². The molecule has 2 aromatic heterocycles. The van der Waals surface area contributed by atoms with E-state index in [4.69, 9.17) is 0 Å². The molecule has 0 aliphatic rings. The lowest BCUT2D eigenvalue weighted by atomic mass is 10.1. The van der Waals surface area contributed by atoms with Gasteiger partial charge < -0.3 is 9.88 Å². The van der Waals surface area contributed by atoms with Crippen LogP contribution in [0.5, 0.6) is 0 Å². The van der Waals surface area contributed by atoms with E-state index in [1.807, 2.05) is 53.4 Å². The van der Waals surface area contributed by atoms with Gasteiger partial charge in [0, 0.05) is 12.7 Å². The monoisotopic (exact) mass is 284 g/mol. The van der Waals surface area contributed by atoms with E-state index in [-0.39, 0.29) is 5.91 Å². The number of carbonyl (C=O) groups is 1. The molecule has 0 fully saturated rings. The van der Waals surface area contributed by atoms with Gasteiger partial charge in [0.2, 0.25) is 0 Å². The Morgan fingerprint density at radius 3 is 2.65 bits per heavy atom. The van der Waals surface area contributed by atoms with Crippen molar-refractivity contribution in [2.24, 2.45) is 7.05 Å². The van der Waals surface area contributed by atoms with Crippen LogP contribution in [0.1, 0.15) is 23.0 Å². The Balaban J connectivity index is 1.84. The summed E-state index contributed by atoms with van der Waals surface area (Å²) in [6.07, 6.45) is 1.00. The maximum absolute atomic E-state index is 12.3. The average Bonchev–Trinajstić information content (AvgIpc) is 3.03. The van der Waals surface area contributed by atoms with Gasteiger partial charge in [-0.1, -0.05) is 19.1 Å². The van der Waals surface area contributed by atoms with Crippen LogP contribution in [0.2, 0.25) is 0 Å². The van der Waals surface area contributed by atoms with Crippen LogP contribution in [0, 0.1) is 0 Å². The van der Waals surface area contributed by atoms with E-state index >= 15 is 0 Å². The van der Waals surface area contributed by atoms with Gasteiger partial charge in [0.15, 0.2) is 0 Å². The lowest BCUT2D eigenvalue weighted by Gasteiger charge is -2.07. The van der Waals surface area contributed by atoms with E-state index in [0.717, 1.165) is 22.3 Å². The first-order valence-electron chi connectivity index (χ1n) is 6.62. The Labute approximate surface area is 121 Å². The largest absolute Gasteiger partial charge is 0.339 e. The molecule has 3 rings (SSSR count). The number of nitrogens with zero attached hydrogens (tertiary/aromatic N) is 1. The normalized spacial score (nSPS) is 10.9. The number of carbonyl (C=O) groups excluding carboxylic acids is 1. The lowest BCUT2D eigenvalue weighted by Crippen LogP contribution is -2.15. The molecule has 20 heavy (non-hydrogen) atoms. The van der Waals surface area contributed by atoms with Gasteiger partial charge in [-0.15, -0.1) is 11.3 Å². The average molecular weight is 284 g/mol. The molecule has 0 radical (unpaired) electrons. The number of fused-ring (bicyclic) bond motifs is 1. The minimum absolute atomic E-state index is 0.0693. The quantitative estimate of drug-likeness (QED) is 0.773. The van der Waals surface area contributed by atoms with Crippen LogP contribution in [0.3, 0.4) is 0 Å². The molecular formula is C16H16N2OS. The number of thiophene rings is 1. The molecule has 2 heterocycles. The molecule has 0 unspecified atom stereocenters. The van der Waals surface area contributed by atoms with Crippen molar-refractivity contribution in [1.82, 2.24) is 4.57 Å². The zero-order chi connectivity index (χ0) is 14.1. The van der Waals surface area contributed by atoms with Gasteiger partial charge in [-0.2, -0.15) is 0 Å². The second-order valence-electron chi connectivity index (χ2n) is 4.76.